The van der Waals surface area contributed by atoms with Gasteiger partial charge >= 0.3 is 6.03 Å². The number of aryl methyl sites for hydroxylation is 2. The smallest absolute Gasteiger partial charge is 0.331 e. The van der Waals surface area contributed by atoms with Crippen LogP contribution in [0.25, 0.3) is 5.69 Å². The molecule has 6 aromatic rings. The number of likely N-dealkylation sites (N-methyl/N-ethyl adjacent to an activating group) is 1. The second-order valence-corrected chi connectivity index (χ2v) is 19.3. The number of ether oxygens (including phenoxy) is 1. The van der Waals surface area contributed by atoms with Crippen LogP contribution in [0.5, 0.6) is 17.2 Å². The van der Waals surface area contributed by atoms with Crippen molar-refractivity contribution in [1.82, 2.24) is 9.78 Å². The van der Waals surface area contributed by atoms with Gasteiger partial charge in [-0.15, -0.1) is 5.10 Å². The number of phenolic OH excluding ortho intramolecular Hbond substituents is 2. The molecule has 0 spiro atoms. The first-order valence-corrected chi connectivity index (χ1v) is 24.2. The number of carbonyl (C=O) groups is 3. The van der Waals surface area contributed by atoms with Gasteiger partial charge in [0.2, 0.25) is 5.91 Å². The highest BCUT2D eigenvalue weighted by atomic mass is 16.5. The average molecular weight is 967 g/mol. The number of rotatable bonds is 20. The van der Waals surface area contributed by atoms with E-state index in [1.807, 2.05) is 68.1 Å². The van der Waals surface area contributed by atoms with Crippen molar-refractivity contribution in [3.05, 3.63) is 131 Å². The van der Waals surface area contributed by atoms with Gasteiger partial charge in [-0.3, -0.25) is 14.5 Å². The molecule has 0 saturated carbocycles. The van der Waals surface area contributed by atoms with Crippen molar-refractivity contribution in [3.63, 3.8) is 0 Å². The number of aromatic hydroxyl groups is 2. The molecule has 71 heavy (non-hydrogen) atoms. The lowest BCUT2D eigenvalue weighted by Crippen LogP contribution is -2.32. The fourth-order valence-electron chi connectivity index (χ4n) is 8.22. The minimum atomic E-state index is -0.599. The molecule has 0 aliphatic heterocycles. The molecule has 0 radical (unpaired) electrons. The molecule has 15 nitrogen and oxygen atoms in total. The van der Waals surface area contributed by atoms with E-state index in [9.17, 15) is 29.7 Å². The summed E-state index contributed by atoms with van der Waals surface area (Å²) in [5, 5.41) is 44.8. The zero-order valence-electron chi connectivity index (χ0n) is 43.0. The number of hydrogen-bond acceptors (Lipinski definition) is 10. The number of aliphatic hydroxyl groups is 1. The summed E-state index contributed by atoms with van der Waals surface area (Å²) >= 11 is 0. The summed E-state index contributed by atoms with van der Waals surface area (Å²) in [5.74, 6) is -0.636. The van der Waals surface area contributed by atoms with E-state index in [0.717, 1.165) is 35.5 Å². The van der Waals surface area contributed by atoms with E-state index in [0.29, 0.717) is 41.3 Å². The van der Waals surface area contributed by atoms with Crippen molar-refractivity contribution in [2.24, 2.45) is 0 Å². The monoisotopic (exact) mass is 967 g/mol. The number of benzene rings is 5. The topological polar surface area (TPSA) is 185 Å². The van der Waals surface area contributed by atoms with Crippen LogP contribution in [0, 0.1) is 13.8 Å². The van der Waals surface area contributed by atoms with Crippen LogP contribution < -0.4 is 35.4 Å². The second kappa shape index (κ2) is 22.5. The largest absolute Gasteiger partial charge is 0.508 e. The Labute approximate surface area is 418 Å². The summed E-state index contributed by atoms with van der Waals surface area (Å²) in [5.41, 5.74) is 7.00. The van der Waals surface area contributed by atoms with Crippen molar-refractivity contribution in [2.75, 3.05) is 71.0 Å². The Hall–Kier alpha value is -7.52. The molecule has 0 unspecified atom stereocenters. The van der Waals surface area contributed by atoms with E-state index < -0.39 is 11.9 Å². The first kappa shape index (κ1) is 52.8. The molecule has 1 heterocycles. The number of aromatic nitrogens is 2. The van der Waals surface area contributed by atoms with Crippen molar-refractivity contribution in [2.45, 2.75) is 92.4 Å². The summed E-state index contributed by atoms with van der Waals surface area (Å²) in [6.45, 7) is 19.9. The molecule has 6 rings (SSSR count). The first-order valence-electron chi connectivity index (χ1n) is 24.2. The number of aliphatic hydroxyl groups excluding tert-OH is 1. The van der Waals surface area contributed by atoms with Crippen LogP contribution in [-0.4, -0.2) is 83.3 Å². The van der Waals surface area contributed by atoms with Crippen molar-refractivity contribution in [3.8, 4) is 22.9 Å². The fraction of sp³-hybridized carbons (Fsp3) is 0.357. The Balaban J connectivity index is 1.32. The summed E-state index contributed by atoms with van der Waals surface area (Å²) < 4.78 is 7.62. The Morgan fingerprint density at radius 1 is 0.746 bits per heavy atom. The Morgan fingerprint density at radius 3 is 2.08 bits per heavy atom. The van der Waals surface area contributed by atoms with Crippen LogP contribution in [0.1, 0.15) is 100 Å². The normalized spacial score (nSPS) is 11.5. The third-order valence-electron chi connectivity index (χ3n) is 13.3. The van der Waals surface area contributed by atoms with E-state index in [4.69, 9.17) is 9.84 Å². The predicted octanol–water partition coefficient (Wildman–Crippen LogP) is 11.2. The van der Waals surface area contributed by atoms with Crippen molar-refractivity contribution in [1.29, 1.82) is 0 Å². The molecule has 0 fully saturated rings. The highest BCUT2D eigenvalue weighted by Gasteiger charge is 2.30. The van der Waals surface area contributed by atoms with Crippen LogP contribution in [-0.2, 0) is 15.6 Å². The SMILES string of the molecule is CCN(CCO)c1ccc(N(C(=O)Nc2ccc(N(C)C)cc2)c2cn(-c3c(C)cc(O)cc3O)nc2NC(=O)c2cccc(NC(=O)CCOc3ccc(C(C)(C)CC)cc3C(C)(C)CC)c2)c(C)c1. The molecule has 0 bridgehead atoms. The quantitative estimate of drug-likeness (QED) is 0.0430. The van der Waals surface area contributed by atoms with Crippen LogP contribution >= 0.6 is 0 Å². The van der Waals surface area contributed by atoms with Gasteiger partial charge in [-0.2, -0.15) is 0 Å². The number of phenols is 2. The van der Waals surface area contributed by atoms with Crippen LogP contribution in [0.2, 0.25) is 0 Å². The maximum atomic E-state index is 14.8. The molecule has 15 heteroatoms. The van der Waals surface area contributed by atoms with E-state index in [1.165, 1.54) is 33.5 Å². The Morgan fingerprint density at radius 2 is 1.45 bits per heavy atom. The minimum Gasteiger partial charge on any atom is -0.508 e. The summed E-state index contributed by atoms with van der Waals surface area (Å²) in [6, 6.07) is 27.8. The number of urea groups is 1. The van der Waals surface area contributed by atoms with Gasteiger partial charge < -0.3 is 45.8 Å². The van der Waals surface area contributed by atoms with E-state index >= 15 is 0 Å². The zero-order chi connectivity index (χ0) is 51.8. The third-order valence-corrected chi connectivity index (χ3v) is 13.3. The fourth-order valence-corrected chi connectivity index (χ4v) is 8.22. The molecule has 1 aromatic heterocycles. The van der Waals surface area contributed by atoms with Gasteiger partial charge in [0, 0.05) is 67.1 Å². The maximum Gasteiger partial charge on any atom is 0.331 e. The number of hydrogen-bond donors (Lipinski definition) is 6. The highest BCUT2D eigenvalue weighted by Crippen LogP contribution is 2.41. The molecule has 6 N–H and O–H groups in total. The lowest BCUT2D eigenvalue weighted by molar-refractivity contribution is -0.116. The number of nitrogens with one attached hydrogen (secondary N) is 3. The minimum absolute atomic E-state index is 0.00471. The van der Waals surface area contributed by atoms with Crippen LogP contribution in [0.4, 0.5) is 44.7 Å². The van der Waals surface area contributed by atoms with Crippen molar-refractivity contribution >= 4 is 57.8 Å². The van der Waals surface area contributed by atoms with E-state index in [-0.39, 0.29) is 70.6 Å². The second-order valence-electron chi connectivity index (χ2n) is 19.3. The van der Waals surface area contributed by atoms with Gasteiger partial charge in [0.15, 0.2) is 5.82 Å². The molecule has 376 valence electrons. The van der Waals surface area contributed by atoms with Crippen molar-refractivity contribution < 1.29 is 34.4 Å². The highest BCUT2D eigenvalue weighted by molar-refractivity contribution is 6.12. The van der Waals surface area contributed by atoms with Gasteiger partial charge in [0.05, 0.1) is 31.5 Å². The molecule has 0 atom stereocenters. The molecule has 0 saturated heterocycles. The maximum absolute atomic E-state index is 14.8. The Kier molecular flexibility index (Phi) is 16.7. The van der Waals surface area contributed by atoms with Gasteiger partial charge in [0.1, 0.15) is 28.6 Å². The molecule has 5 aromatic carbocycles. The number of amides is 4. The zero-order valence-corrected chi connectivity index (χ0v) is 43.0. The number of carbonyl (C=O) groups excluding carboxylic acids is 3. The van der Waals surface area contributed by atoms with Gasteiger partial charge in [0.25, 0.3) is 5.91 Å². The third kappa shape index (κ3) is 12.5. The molecule has 4 amide bonds. The molecular weight excluding hydrogens is 897 g/mol. The number of nitrogens with zero attached hydrogens (tertiary/aromatic N) is 5. The predicted molar refractivity (Wildman–Crippen MR) is 286 cm³/mol. The lowest BCUT2D eigenvalue weighted by atomic mass is 9.76. The molecule has 0 aliphatic carbocycles. The molecular formula is C56H70N8O7. The summed E-state index contributed by atoms with van der Waals surface area (Å²) in [6.07, 6.45) is 3.48. The summed E-state index contributed by atoms with van der Waals surface area (Å²) in [4.78, 5) is 47.9. The van der Waals surface area contributed by atoms with Gasteiger partial charge in [-0.25, -0.2) is 9.48 Å². The van der Waals surface area contributed by atoms with Gasteiger partial charge in [-0.1, -0.05) is 59.7 Å². The lowest BCUT2D eigenvalue weighted by Gasteiger charge is -2.30. The Bertz CT molecular complexity index is 2830. The molecule has 0 aliphatic rings. The van der Waals surface area contributed by atoms with Crippen LogP contribution in [0.15, 0.2) is 103 Å². The first-order chi connectivity index (χ1) is 33.7. The average Bonchev–Trinajstić information content (AvgIpc) is 3.72. The van der Waals surface area contributed by atoms with E-state index in [1.54, 1.807) is 49.4 Å². The standard InChI is InChI=1S/C56H70N8O7/c1-12-55(6,7)39-18-25-49(45(33-39)56(8,9)13-2)71-29-26-50(68)57-41-17-15-16-38(32-41)53(69)59-52-47(35-63(60-52)51-37(5)31-44(66)34-48(51)67)64(54(70)58-40-19-21-42(22-20-40)61(10)11)46-24-23-43(30-36(46)4)62(14-3)27-28-65/h15-25,30-35,65-67H,12-14,26-29H2,1-11H3,(H,57,68)(H,58,70)(H,59,60,69). The van der Waals surface area contributed by atoms with Gasteiger partial charge in [-0.05, 0) is 134 Å². The van der Waals surface area contributed by atoms with E-state index in [2.05, 4.69) is 69.6 Å². The van der Waals surface area contributed by atoms with Crippen LogP contribution in [0.3, 0.4) is 0 Å². The number of anilines is 7. The summed E-state index contributed by atoms with van der Waals surface area (Å²) in [7, 11) is 3.84.